The summed E-state index contributed by atoms with van der Waals surface area (Å²) in [7, 11) is 0. The van der Waals surface area contributed by atoms with Crippen molar-refractivity contribution in [2.75, 3.05) is 26.2 Å². The number of nitrogens with zero attached hydrogens (tertiary/aromatic N) is 1. The second kappa shape index (κ2) is 37.3. The summed E-state index contributed by atoms with van der Waals surface area (Å²) in [6.07, 6.45) is 56.0. The summed E-state index contributed by atoms with van der Waals surface area (Å²) in [4.78, 5) is 43.0. The van der Waals surface area contributed by atoms with Gasteiger partial charge in [-0.05, 0) is 156 Å². The summed E-state index contributed by atoms with van der Waals surface area (Å²) >= 11 is 0. The summed E-state index contributed by atoms with van der Waals surface area (Å²) in [5.74, 6) is 3.21. The van der Waals surface area contributed by atoms with Crippen molar-refractivity contribution >= 4 is 17.8 Å². The minimum Gasteiger partial charge on any atom is -0.462 e. The van der Waals surface area contributed by atoms with E-state index in [9.17, 15) is 14.4 Å². The predicted molar refractivity (Wildman–Crippen MR) is 316 cm³/mol. The molecular weight excluding hydrogens is 925 g/mol. The number of amides is 1. The van der Waals surface area contributed by atoms with E-state index in [1.807, 2.05) is 0 Å². The van der Waals surface area contributed by atoms with E-state index >= 15 is 0 Å². The number of fused-ring (bicyclic) bond motifs is 5. The molecule has 0 spiro atoms. The topological polar surface area (TPSA) is 84.9 Å². The average Bonchev–Trinajstić information content (AvgIpc) is 4.10. The van der Waals surface area contributed by atoms with E-state index in [2.05, 4.69) is 44.8 Å². The zero-order valence-electron chi connectivity index (χ0n) is 50.5. The Morgan fingerprint density at radius 1 is 0.520 bits per heavy atom. The van der Waals surface area contributed by atoms with Gasteiger partial charge >= 0.3 is 11.9 Å². The number of esters is 2. The van der Waals surface area contributed by atoms with Crippen molar-refractivity contribution in [3.8, 4) is 0 Å². The molecule has 1 saturated heterocycles. The van der Waals surface area contributed by atoms with Crippen molar-refractivity contribution in [1.82, 2.24) is 10.2 Å². The van der Waals surface area contributed by atoms with Gasteiger partial charge in [-0.25, -0.2) is 0 Å². The SMILES string of the molecule is CCCCCCCCCCCCCCCCCC(=O)O[C@@H]1CC[C@@]2(C)[C@@H](C1)C[C@H](OC(=O)CCCCCCCCCCCCCCCCC)[C@@H]1[C@@H]2CC[C@]2(C)[C@@H]([C@H](C)CCC(=O)NCCCCN3CCCC3)CC[C@@H]12. The molecule has 5 rings (SSSR count). The normalized spacial score (nSPS) is 27.9. The van der Waals surface area contributed by atoms with Gasteiger partial charge in [0.2, 0.25) is 5.91 Å². The molecule has 7 heteroatoms. The lowest BCUT2D eigenvalue weighted by Crippen LogP contribution is -2.59. The van der Waals surface area contributed by atoms with E-state index in [1.165, 1.54) is 232 Å². The molecule has 0 aromatic carbocycles. The first-order valence-corrected chi connectivity index (χ1v) is 34.0. The smallest absolute Gasteiger partial charge is 0.306 e. The summed E-state index contributed by atoms with van der Waals surface area (Å²) in [5, 5.41) is 3.26. The zero-order chi connectivity index (χ0) is 53.4. The van der Waals surface area contributed by atoms with Gasteiger partial charge in [-0.2, -0.15) is 0 Å². The quantitative estimate of drug-likeness (QED) is 0.0484. The van der Waals surface area contributed by atoms with Crippen LogP contribution in [0.15, 0.2) is 0 Å². The predicted octanol–water partition coefficient (Wildman–Crippen LogP) is 19.0. The van der Waals surface area contributed by atoms with E-state index in [1.54, 1.807) is 0 Å². The highest BCUT2D eigenvalue weighted by Crippen LogP contribution is 2.69. The highest BCUT2D eigenvalue weighted by Gasteiger charge is 2.64. The molecule has 1 aliphatic heterocycles. The van der Waals surface area contributed by atoms with E-state index in [0.717, 1.165) is 70.8 Å². The lowest BCUT2D eigenvalue weighted by Gasteiger charge is -2.62. The summed E-state index contributed by atoms with van der Waals surface area (Å²) in [6, 6.07) is 0. The van der Waals surface area contributed by atoms with Gasteiger partial charge in [0.15, 0.2) is 0 Å². The zero-order valence-corrected chi connectivity index (χ0v) is 50.5. The lowest BCUT2D eigenvalue weighted by atomic mass is 9.43. The van der Waals surface area contributed by atoms with Crippen molar-refractivity contribution in [2.45, 2.75) is 342 Å². The Morgan fingerprint density at radius 3 is 1.51 bits per heavy atom. The van der Waals surface area contributed by atoms with E-state index < -0.39 is 0 Å². The van der Waals surface area contributed by atoms with Crippen molar-refractivity contribution < 1.29 is 23.9 Å². The van der Waals surface area contributed by atoms with Gasteiger partial charge in [0, 0.05) is 31.7 Å². The van der Waals surface area contributed by atoms with E-state index in [0.29, 0.717) is 54.8 Å². The fourth-order valence-electron chi connectivity index (χ4n) is 16.5. The van der Waals surface area contributed by atoms with Crippen molar-refractivity contribution in [1.29, 1.82) is 0 Å². The maximum absolute atomic E-state index is 14.0. The van der Waals surface area contributed by atoms with Crippen LogP contribution in [0.25, 0.3) is 0 Å². The Labute approximate surface area is 464 Å². The first-order valence-electron chi connectivity index (χ1n) is 34.0. The minimum absolute atomic E-state index is 0.00316. The van der Waals surface area contributed by atoms with Gasteiger partial charge in [-0.3, -0.25) is 14.4 Å². The highest BCUT2D eigenvalue weighted by atomic mass is 16.5. The third kappa shape index (κ3) is 22.8. The van der Waals surface area contributed by atoms with Crippen LogP contribution in [-0.4, -0.2) is 61.1 Å². The van der Waals surface area contributed by atoms with Crippen LogP contribution in [0.2, 0.25) is 0 Å². The largest absolute Gasteiger partial charge is 0.462 e. The second-order valence-electron chi connectivity index (χ2n) is 26.9. The maximum atomic E-state index is 14.0. The molecule has 0 radical (unpaired) electrons. The van der Waals surface area contributed by atoms with Crippen LogP contribution in [0.5, 0.6) is 0 Å². The van der Waals surface area contributed by atoms with Crippen LogP contribution in [0.1, 0.15) is 330 Å². The van der Waals surface area contributed by atoms with Crippen molar-refractivity contribution in [3.63, 3.8) is 0 Å². The van der Waals surface area contributed by atoms with Crippen LogP contribution in [0.3, 0.4) is 0 Å². The molecule has 5 aliphatic rings. The molecule has 0 bridgehead atoms. The fraction of sp³-hybridized carbons (Fsp3) is 0.956. The average molecular weight is 1050 g/mol. The van der Waals surface area contributed by atoms with E-state index in [4.69, 9.17) is 9.47 Å². The summed E-state index contributed by atoms with van der Waals surface area (Å²) < 4.78 is 13.2. The Kier molecular flexibility index (Phi) is 32.0. The standard InChI is InChI=1S/C68H124N2O5/c1-6-8-10-12-14-16-18-20-22-24-26-28-30-32-34-40-64(72)74-58-46-48-67(4)57(54-58)55-62(75-65(73)41-35-33-31-29-27-25-23-21-19-17-15-13-11-9-7-2)66-60-44-43-59(68(60,5)49-47-61(66)67)56(3)42-45-63(71)69-50-36-37-51-70-52-38-39-53-70/h56-62,66H,6-55H2,1-5H3,(H,69,71)/t56-,57+,58-,59-,60+,61+,62+,66+,67+,68-/m1/s1. The van der Waals surface area contributed by atoms with Gasteiger partial charge in [0.05, 0.1) is 0 Å². The summed E-state index contributed by atoms with van der Waals surface area (Å²) in [6.45, 7) is 16.7. The molecule has 0 aromatic rings. The number of carbonyl (C=O) groups excluding carboxylic acids is 3. The number of ether oxygens (including phenoxy) is 2. The van der Waals surface area contributed by atoms with Crippen molar-refractivity contribution in [3.05, 3.63) is 0 Å². The first-order chi connectivity index (χ1) is 36.6. The van der Waals surface area contributed by atoms with Gasteiger partial charge in [0.25, 0.3) is 0 Å². The number of likely N-dealkylation sites (tertiary alicyclic amines) is 1. The third-order valence-corrected chi connectivity index (χ3v) is 21.2. The molecule has 1 N–H and O–H groups in total. The van der Waals surface area contributed by atoms with Crippen LogP contribution < -0.4 is 5.32 Å². The number of nitrogens with one attached hydrogen (secondary N) is 1. The molecule has 0 unspecified atom stereocenters. The molecule has 5 fully saturated rings. The Balaban J connectivity index is 1.06. The highest BCUT2D eigenvalue weighted by molar-refractivity contribution is 5.75. The second-order valence-corrected chi connectivity index (χ2v) is 26.9. The van der Waals surface area contributed by atoms with Crippen LogP contribution >= 0.6 is 0 Å². The van der Waals surface area contributed by atoms with Gasteiger partial charge in [0.1, 0.15) is 12.2 Å². The molecule has 4 saturated carbocycles. The fourth-order valence-corrected chi connectivity index (χ4v) is 16.5. The minimum atomic E-state index is -0.0541. The van der Waals surface area contributed by atoms with Gasteiger partial charge in [-0.1, -0.05) is 214 Å². The Hall–Kier alpha value is -1.63. The molecule has 0 aromatic heterocycles. The number of carbonyl (C=O) groups is 3. The molecule has 1 amide bonds. The molecule has 75 heavy (non-hydrogen) atoms. The Morgan fingerprint density at radius 2 is 0.987 bits per heavy atom. The van der Waals surface area contributed by atoms with Crippen LogP contribution in [-0.2, 0) is 23.9 Å². The number of rotatable bonds is 43. The molecule has 10 atom stereocenters. The number of hydrogen-bond acceptors (Lipinski definition) is 6. The third-order valence-electron chi connectivity index (χ3n) is 21.2. The number of unbranched alkanes of at least 4 members (excludes halogenated alkanes) is 29. The van der Waals surface area contributed by atoms with Gasteiger partial charge in [-0.15, -0.1) is 0 Å². The molecule has 7 nitrogen and oxygen atoms in total. The molecule has 1 heterocycles. The van der Waals surface area contributed by atoms with Crippen molar-refractivity contribution in [2.24, 2.45) is 46.3 Å². The maximum Gasteiger partial charge on any atom is 0.306 e. The van der Waals surface area contributed by atoms with Crippen LogP contribution in [0.4, 0.5) is 0 Å². The number of hydrogen-bond donors (Lipinski definition) is 1. The summed E-state index contributed by atoms with van der Waals surface area (Å²) in [5.41, 5.74) is 0.380. The molecule has 436 valence electrons. The molecule has 4 aliphatic carbocycles. The monoisotopic (exact) mass is 1050 g/mol. The van der Waals surface area contributed by atoms with Crippen LogP contribution in [0, 0.1) is 46.3 Å². The van der Waals surface area contributed by atoms with Gasteiger partial charge < -0.3 is 19.7 Å². The molecular formula is C68H124N2O5. The first kappa shape index (κ1) is 64.2. The lowest BCUT2D eigenvalue weighted by molar-refractivity contribution is -0.198. The van der Waals surface area contributed by atoms with E-state index in [-0.39, 0.29) is 40.9 Å². The Bertz CT molecular complexity index is 1510.